The van der Waals surface area contributed by atoms with Gasteiger partial charge in [-0.25, -0.2) is 9.37 Å². The third-order valence-corrected chi connectivity index (χ3v) is 3.70. The molecule has 0 atom stereocenters. The average Bonchev–Trinajstić information content (AvgIpc) is 2.90. The van der Waals surface area contributed by atoms with Crippen molar-refractivity contribution >= 4 is 45.5 Å². The van der Waals surface area contributed by atoms with Gasteiger partial charge in [0.15, 0.2) is 0 Å². The number of imidazole rings is 1. The van der Waals surface area contributed by atoms with Gasteiger partial charge in [0.25, 0.3) is 5.91 Å². The first-order valence-corrected chi connectivity index (χ1v) is 7.11. The number of amides is 1. The summed E-state index contributed by atoms with van der Waals surface area (Å²) in [5, 5.41) is 2.92. The number of rotatable bonds is 3. The van der Waals surface area contributed by atoms with Gasteiger partial charge >= 0.3 is 0 Å². The highest BCUT2D eigenvalue weighted by molar-refractivity contribution is 14.1. The minimum absolute atomic E-state index is 0.262. The maximum atomic E-state index is 14.0. The van der Waals surface area contributed by atoms with Crippen molar-refractivity contribution in [1.29, 1.82) is 0 Å². The summed E-state index contributed by atoms with van der Waals surface area (Å²) in [6.07, 6.45) is 3.18. The Hall–Kier alpha value is -2.16. The number of primary amides is 1. The number of hydrogen-bond acceptors (Lipinski definition) is 3. The summed E-state index contributed by atoms with van der Waals surface area (Å²) >= 11 is 2.03. The van der Waals surface area contributed by atoms with E-state index in [1.807, 2.05) is 22.6 Å². The van der Waals surface area contributed by atoms with Crippen molar-refractivity contribution in [3.63, 3.8) is 0 Å². The summed E-state index contributed by atoms with van der Waals surface area (Å²) in [7, 11) is 0. The van der Waals surface area contributed by atoms with Gasteiger partial charge in [0.1, 0.15) is 18.0 Å². The van der Waals surface area contributed by atoms with Crippen molar-refractivity contribution in [3.8, 4) is 0 Å². The van der Waals surface area contributed by atoms with E-state index in [-0.39, 0.29) is 11.3 Å². The maximum Gasteiger partial charge on any atom is 0.252 e. The molecular formula is C14H10FIN4O. The number of anilines is 2. The van der Waals surface area contributed by atoms with Crippen molar-refractivity contribution in [2.45, 2.75) is 0 Å². The highest BCUT2D eigenvalue weighted by atomic mass is 127. The van der Waals surface area contributed by atoms with Gasteiger partial charge in [-0.05, 0) is 52.9 Å². The van der Waals surface area contributed by atoms with Crippen molar-refractivity contribution in [2.24, 2.45) is 5.73 Å². The Balaban J connectivity index is 2.16. The van der Waals surface area contributed by atoms with Gasteiger partial charge in [0, 0.05) is 3.57 Å². The number of nitrogens with two attached hydrogens (primary N) is 1. The van der Waals surface area contributed by atoms with E-state index in [1.54, 1.807) is 34.9 Å². The largest absolute Gasteiger partial charge is 0.365 e. The Morgan fingerprint density at radius 2 is 2.14 bits per heavy atom. The molecule has 0 saturated heterocycles. The van der Waals surface area contributed by atoms with Gasteiger partial charge < -0.3 is 11.1 Å². The SMILES string of the molecule is NC(=O)c1ccc2cncn2c1Nc1ccc(I)cc1F. The number of nitrogens with zero attached hydrogens (tertiary/aromatic N) is 2. The summed E-state index contributed by atoms with van der Waals surface area (Å²) in [6.45, 7) is 0. The number of aromatic nitrogens is 2. The van der Waals surface area contributed by atoms with Crippen LogP contribution < -0.4 is 11.1 Å². The number of fused-ring (bicyclic) bond motifs is 1. The van der Waals surface area contributed by atoms with E-state index in [2.05, 4.69) is 10.3 Å². The van der Waals surface area contributed by atoms with Crippen LogP contribution in [0.2, 0.25) is 0 Å². The summed E-state index contributed by atoms with van der Waals surface area (Å²) in [6, 6.07) is 8.09. The quantitative estimate of drug-likeness (QED) is 0.669. The summed E-state index contributed by atoms with van der Waals surface area (Å²) in [5.74, 6) is -0.619. The van der Waals surface area contributed by atoms with Gasteiger partial charge in [0.05, 0.1) is 23.0 Å². The first-order valence-electron chi connectivity index (χ1n) is 6.03. The first-order chi connectivity index (χ1) is 10.1. The number of carbonyl (C=O) groups excluding carboxylic acids is 1. The molecule has 1 amide bonds. The number of hydrogen-bond donors (Lipinski definition) is 2. The van der Waals surface area contributed by atoms with Crippen LogP contribution >= 0.6 is 22.6 Å². The Bertz CT molecular complexity index is 846. The van der Waals surface area contributed by atoms with Crippen molar-refractivity contribution in [3.05, 3.63) is 57.8 Å². The number of halogens is 2. The van der Waals surface area contributed by atoms with Crippen LogP contribution in [0.4, 0.5) is 15.9 Å². The van der Waals surface area contributed by atoms with E-state index in [1.165, 1.54) is 12.4 Å². The van der Waals surface area contributed by atoms with Crippen LogP contribution in [0, 0.1) is 9.39 Å². The van der Waals surface area contributed by atoms with Crippen molar-refractivity contribution in [1.82, 2.24) is 9.38 Å². The molecule has 106 valence electrons. The maximum absolute atomic E-state index is 14.0. The number of pyridine rings is 1. The molecule has 7 heteroatoms. The van der Waals surface area contributed by atoms with E-state index in [0.29, 0.717) is 5.82 Å². The van der Waals surface area contributed by atoms with Crippen LogP contribution in [-0.2, 0) is 0 Å². The summed E-state index contributed by atoms with van der Waals surface area (Å²) < 4.78 is 16.4. The standard InChI is InChI=1S/C14H10FIN4O/c15-11-5-8(16)1-4-12(11)19-14-10(13(17)21)3-2-9-6-18-7-20(9)14/h1-7,19H,(H2,17,21). The monoisotopic (exact) mass is 396 g/mol. The molecule has 0 aliphatic heterocycles. The molecule has 5 nitrogen and oxygen atoms in total. The van der Waals surface area contributed by atoms with Crippen LogP contribution in [0.3, 0.4) is 0 Å². The Kier molecular flexibility index (Phi) is 3.50. The third-order valence-electron chi connectivity index (χ3n) is 3.03. The zero-order valence-electron chi connectivity index (χ0n) is 10.7. The van der Waals surface area contributed by atoms with E-state index >= 15 is 0 Å². The molecule has 3 aromatic rings. The summed E-state index contributed by atoms with van der Waals surface area (Å²) in [4.78, 5) is 15.6. The smallest absolute Gasteiger partial charge is 0.252 e. The number of benzene rings is 1. The predicted octanol–water partition coefficient (Wildman–Crippen LogP) is 2.92. The van der Waals surface area contributed by atoms with Crippen molar-refractivity contribution in [2.75, 3.05) is 5.32 Å². The Morgan fingerprint density at radius 3 is 2.86 bits per heavy atom. The van der Waals surface area contributed by atoms with Crippen LogP contribution in [0.15, 0.2) is 42.9 Å². The second-order valence-electron chi connectivity index (χ2n) is 4.40. The molecule has 0 radical (unpaired) electrons. The molecule has 2 heterocycles. The lowest BCUT2D eigenvalue weighted by Gasteiger charge is -2.13. The molecule has 0 aliphatic rings. The van der Waals surface area contributed by atoms with Crippen LogP contribution in [0.25, 0.3) is 5.52 Å². The van der Waals surface area contributed by atoms with Gasteiger partial charge in [0.2, 0.25) is 0 Å². The van der Waals surface area contributed by atoms with E-state index < -0.39 is 11.7 Å². The molecule has 0 bridgehead atoms. The van der Waals surface area contributed by atoms with Crippen LogP contribution in [0.5, 0.6) is 0 Å². The molecule has 0 fully saturated rings. The molecule has 0 unspecified atom stereocenters. The number of carbonyl (C=O) groups is 1. The molecule has 0 aliphatic carbocycles. The Labute approximate surface area is 133 Å². The average molecular weight is 396 g/mol. The van der Waals surface area contributed by atoms with E-state index in [4.69, 9.17) is 5.73 Å². The third kappa shape index (κ3) is 2.56. The fraction of sp³-hybridized carbons (Fsp3) is 0. The Morgan fingerprint density at radius 1 is 1.33 bits per heavy atom. The molecular weight excluding hydrogens is 386 g/mol. The van der Waals surface area contributed by atoms with Crippen molar-refractivity contribution < 1.29 is 9.18 Å². The topological polar surface area (TPSA) is 72.4 Å². The molecule has 2 aromatic heterocycles. The van der Waals surface area contributed by atoms with Crippen LogP contribution in [0.1, 0.15) is 10.4 Å². The zero-order chi connectivity index (χ0) is 15.0. The van der Waals surface area contributed by atoms with Gasteiger partial charge in [-0.3, -0.25) is 9.20 Å². The number of nitrogens with one attached hydrogen (secondary N) is 1. The molecule has 1 aromatic carbocycles. The normalized spacial score (nSPS) is 10.8. The minimum atomic E-state index is -0.598. The molecule has 3 N–H and O–H groups in total. The zero-order valence-corrected chi connectivity index (χ0v) is 12.8. The lowest BCUT2D eigenvalue weighted by molar-refractivity contribution is 0.100. The lowest BCUT2D eigenvalue weighted by Crippen LogP contribution is -2.15. The van der Waals surface area contributed by atoms with Gasteiger partial charge in [-0.1, -0.05) is 0 Å². The van der Waals surface area contributed by atoms with Crippen LogP contribution in [-0.4, -0.2) is 15.3 Å². The van der Waals surface area contributed by atoms with Gasteiger partial charge in [-0.15, -0.1) is 0 Å². The molecule has 0 spiro atoms. The molecule has 3 rings (SSSR count). The first kappa shape index (κ1) is 13.8. The molecule has 21 heavy (non-hydrogen) atoms. The second-order valence-corrected chi connectivity index (χ2v) is 5.64. The second kappa shape index (κ2) is 5.32. The van der Waals surface area contributed by atoms with E-state index in [0.717, 1.165) is 9.09 Å². The lowest BCUT2D eigenvalue weighted by atomic mass is 10.2. The highest BCUT2D eigenvalue weighted by Gasteiger charge is 2.14. The fourth-order valence-corrected chi connectivity index (χ4v) is 2.49. The van der Waals surface area contributed by atoms with Gasteiger partial charge in [-0.2, -0.15) is 0 Å². The summed E-state index contributed by atoms with van der Waals surface area (Å²) in [5.41, 5.74) is 6.68. The fourth-order valence-electron chi connectivity index (χ4n) is 2.04. The van der Waals surface area contributed by atoms with E-state index in [9.17, 15) is 9.18 Å². The molecule has 0 saturated carbocycles. The minimum Gasteiger partial charge on any atom is -0.365 e. The highest BCUT2D eigenvalue weighted by Crippen LogP contribution is 2.25. The predicted molar refractivity (Wildman–Crippen MR) is 86.1 cm³/mol.